The van der Waals surface area contributed by atoms with E-state index in [4.69, 9.17) is 0 Å². The first kappa shape index (κ1) is 13.5. The minimum Gasteiger partial charge on any atom is -0.394 e. The zero-order valence-corrected chi connectivity index (χ0v) is 11.8. The van der Waals surface area contributed by atoms with Crippen molar-refractivity contribution in [2.75, 3.05) is 24.2 Å². The van der Waals surface area contributed by atoms with Crippen LogP contribution in [0.5, 0.6) is 0 Å². The predicted octanol–water partition coefficient (Wildman–Crippen LogP) is 1.33. The fourth-order valence-corrected chi connectivity index (χ4v) is 3.46. The highest BCUT2D eigenvalue weighted by atomic mass is 32.2. The molecule has 0 aliphatic carbocycles. The number of hydrogen-bond donors (Lipinski definition) is 2. The van der Waals surface area contributed by atoms with E-state index in [1.54, 1.807) is 17.0 Å². The lowest BCUT2D eigenvalue weighted by atomic mass is 10.1. The minimum absolute atomic E-state index is 0.00324. The van der Waals surface area contributed by atoms with Gasteiger partial charge in [0.1, 0.15) is 0 Å². The van der Waals surface area contributed by atoms with Crippen molar-refractivity contribution >= 4 is 29.3 Å². The van der Waals surface area contributed by atoms with Crippen LogP contribution in [0, 0.1) is 0 Å². The van der Waals surface area contributed by atoms with E-state index >= 15 is 0 Å². The van der Waals surface area contributed by atoms with Crippen LogP contribution in [0.25, 0.3) is 0 Å². The zero-order valence-electron chi connectivity index (χ0n) is 11.0. The van der Waals surface area contributed by atoms with Gasteiger partial charge in [0, 0.05) is 17.0 Å². The third-order valence-corrected chi connectivity index (χ3v) is 4.78. The van der Waals surface area contributed by atoms with E-state index in [1.807, 2.05) is 6.07 Å². The highest BCUT2D eigenvalue weighted by Gasteiger charge is 2.29. The summed E-state index contributed by atoms with van der Waals surface area (Å²) in [6.07, 6.45) is 1.77. The highest BCUT2D eigenvalue weighted by Crippen LogP contribution is 2.32. The summed E-state index contributed by atoms with van der Waals surface area (Å²) >= 11 is 1.48. The molecule has 0 spiro atoms. The Kier molecular flexibility index (Phi) is 3.67. The van der Waals surface area contributed by atoms with E-state index in [0.717, 1.165) is 17.7 Å². The molecular weight excluding hydrogens is 276 g/mol. The van der Waals surface area contributed by atoms with Crippen molar-refractivity contribution < 1.29 is 14.7 Å². The maximum Gasteiger partial charge on any atom is 0.254 e. The maximum atomic E-state index is 12.5. The van der Waals surface area contributed by atoms with Crippen LogP contribution in [0.1, 0.15) is 23.2 Å². The summed E-state index contributed by atoms with van der Waals surface area (Å²) in [5.74, 6) is 0.301. The second-order valence-corrected chi connectivity index (χ2v) is 6.04. The Labute approximate surface area is 121 Å². The number of rotatable bonds is 2. The topological polar surface area (TPSA) is 69.6 Å². The average molecular weight is 292 g/mol. The van der Waals surface area contributed by atoms with Gasteiger partial charge in [-0.25, -0.2) is 0 Å². The molecule has 0 radical (unpaired) electrons. The first-order valence-corrected chi connectivity index (χ1v) is 7.66. The van der Waals surface area contributed by atoms with Crippen molar-refractivity contribution in [1.82, 2.24) is 4.90 Å². The standard InChI is InChI=1S/C14H16N2O3S/c17-7-10-2-1-5-16(10)14(19)9-3-4-12-11(6-9)15-13(18)8-20-12/h3-4,6,10,17H,1-2,5,7-8H2,(H,15,18)/t10-/m0/s1. The molecule has 6 heteroatoms. The van der Waals surface area contributed by atoms with Crippen molar-refractivity contribution in [3.63, 3.8) is 0 Å². The fraction of sp³-hybridized carbons (Fsp3) is 0.429. The SMILES string of the molecule is O=C1CSc2ccc(C(=O)N3CCC[C@H]3CO)cc2N1. The number of aliphatic hydroxyl groups excluding tert-OH is 1. The Morgan fingerprint density at radius 3 is 3.15 bits per heavy atom. The molecule has 2 heterocycles. The van der Waals surface area contributed by atoms with Gasteiger partial charge in [0.25, 0.3) is 5.91 Å². The van der Waals surface area contributed by atoms with Crippen LogP contribution in [0.4, 0.5) is 5.69 Å². The van der Waals surface area contributed by atoms with Gasteiger partial charge in [-0.2, -0.15) is 0 Å². The molecule has 2 aliphatic rings. The molecule has 2 N–H and O–H groups in total. The monoisotopic (exact) mass is 292 g/mol. The van der Waals surface area contributed by atoms with Crippen LogP contribution in [0.2, 0.25) is 0 Å². The molecule has 1 aromatic rings. The Morgan fingerprint density at radius 2 is 2.35 bits per heavy atom. The van der Waals surface area contributed by atoms with Crippen LogP contribution in [-0.2, 0) is 4.79 Å². The van der Waals surface area contributed by atoms with Gasteiger partial charge in [-0.15, -0.1) is 11.8 Å². The first-order chi connectivity index (χ1) is 9.69. The summed E-state index contributed by atoms with van der Waals surface area (Å²) in [5, 5.41) is 12.1. The Bertz CT molecular complexity index is 561. The van der Waals surface area contributed by atoms with Crippen molar-refractivity contribution in [1.29, 1.82) is 0 Å². The average Bonchev–Trinajstić information content (AvgIpc) is 2.94. The van der Waals surface area contributed by atoms with E-state index in [2.05, 4.69) is 5.32 Å². The zero-order chi connectivity index (χ0) is 14.1. The lowest BCUT2D eigenvalue weighted by Gasteiger charge is -2.24. The quantitative estimate of drug-likeness (QED) is 0.863. The van der Waals surface area contributed by atoms with Crippen molar-refractivity contribution in [3.05, 3.63) is 23.8 Å². The highest BCUT2D eigenvalue weighted by molar-refractivity contribution is 8.00. The molecular formula is C14H16N2O3S. The van der Waals surface area contributed by atoms with Gasteiger partial charge >= 0.3 is 0 Å². The van der Waals surface area contributed by atoms with E-state index in [0.29, 0.717) is 23.5 Å². The van der Waals surface area contributed by atoms with Gasteiger partial charge < -0.3 is 15.3 Å². The number of amides is 2. The molecule has 0 aromatic heterocycles. The third-order valence-electron chi connectivity index (χ3n) is 3.71. The molecule has 1 fully saturated rings. The van der Waals surface area contributed by atoms with Crippen molar-refractivity contribution in [2.45, 2.75) is 23.8 Å². The molecule has 0 unspecified atom stereocenters. The van der Waals surface area contributed by atoms with Gasteiger partial charge in [-0.05, 0) is 31.0 Å². The van der Waals surface area contributed by atoms with E-state index in [-0.39, 0.29) is 24.5 Å². The number of carbonyl (C=O) groups excluding carboxylic acids is 2. The molecule has 20 heavy (non-hydrogen) atoms. The van der Waals surface area contributed by atoms with Gasteiger partial charge in [0.05, 0.1) is 24.1 Å². The largest absolute Gasteiger partial charge is 0.394 e. The molecule has 1 atom stereocenters. The molecule has 5 nitrogen and oxygen atoms in total. The Morgan fingerprint density at radius 1 is 1.50 bits per heavy atom. The molecule has 3 rings (SSSR count). The predicted molar refractivity (Wildman–Crippen MR) is 76.9 cm³/mol. The minimum atomic E-state index is -0.0810. The number of benzene rings is 1. The summed E-state index contributed by atoms with van der Waals surface area (Å²) in [6.45, 7) is 0.686. The lowest BCUT2D eigenvalue weighted by Crippen LogP contribution is -2.37. The summed E-state index contributed by atoms with van der Waals surface area (Å²) < 4.78 is 0. The van der Waals surface area contributed by atoms with Crippen molar-refractivity contribution in [3.8, 4) is 0 Å². The molecule has 0 saturated carbocycles. The maximum absolute atomic E-state index is 12.5. The second-order valence-electron chi connectivity index (χ2n) is 5.02. The summed E-state index contributed by atoms with van der Waals surface area (Å²) in [4.78, 5) is 26.6. The number of nitrogens with one attached hydrogen (secondary N) is 1. The van der Waals surface area contributed by atoms with Crippen LogP contribution in [0.15, 0.2) is 23.1 Å². The number of fused-ring (bicyclic) bond motifs is 1. The molecule has 2 amide bonds. The fourth-order valence-electron chi connectivity index (χ4n) is 2.67. The Hall–Kier alpha value is -1.53. The van der Waals surface area contributed by atoms with E-state index in [1.165, 1.54) is 11.8 Å². The summed E-state index contributed by atoms with van der Waals surface area (Å²) in [6, 6.07) is 5.31. The van der Waals surface area contributed by atoms with Gasteiger partial charge in [-0.3, -0.25) is 9.59 Å². The first-order valence-electron chi connectivity index (χ1n) is 6.67. The number of thioether (sulfide) groups is 1. The summed E-state index contributed by atoms with van der Waals surface area (Å²) in [7, 11) is 0. The molecule has 106 valence electrons. The van der Waals surface area contributed by atoms with Crippen LogP contribution in [-0.4, -0.2) is 46.8 Å². The smallest absolute Gasteiger partial charge is 0.254 e. The van der Waals surface area contributed by atoms with Gasteiger partial charge in [0.15, 0.2) is 0 Å². The number of carbonyl (C=O) groups is 2. The lowest BCUT2D eigenvalue weighted by molar-refractivity contribution is -0.113. The third kappa shape index (κ3) is 2.41. The molecule has 0 bridgehead atoms. The van der Waals surface area contributed by atoms with Crippen molar-refractivity contribution in [2.24, 2.45) is 0 Å². The number of anilines is 1. The van der Waals surface area contributed by atoms with E-state index < -0.39 is 0 Å². The number of likely N-dealkylation sites (tertiary alicyclic amines) is 1. The Balaban J connectivity index is 1.85. The van der Waals surface area contributed by atoms with E-state index in [9.17, 15) is 14.7 Å². The second kappa shape index (κ2) is 5.46. The number of nitrogens with zero attached hydrogens (tertiary/aromatic N) is 1. The number of aliphatic hydroxyl groups is 1. The summed E-state index contributed by atoms with van der Waals surface area (Å²) in [5.41, 5.74) is 1.27. The van der Waals surface area contributed by atoms with Gasteiger partial charge in [0.2, 0.25) is 5.91 Å². The van der Waals surface area contributed by atoms with Crippen LogP contribution in [0.3, 0.4) is 0 Å². The number of hydrogen-bond acceptors (Lipinski definition) is 4. The van der Waals surface area contributed by atoms with Crippen LogP contribution < -0.4 is 5.32 Å². The molecule has 2 aliphatic heterocycles. The molecule has 1 saturated heterocycles. The molecule has 1 aromatic carbocycles. The van der Waals surface area contributed by atoms with Crippen LogP contribution >= 0.6 is 11.8 Å². The normalized spacial score (nSPS) is 21.6. The van der Waals surface area contributed by atoms with Gasteiger partial charge in [-0.1, -0.05) is 0 Å².